The van der Waals surface area contributed by atoms with Gasteiger partial charge in [-0.05, 0) is 67.0 Å². The number of hydrogen-bond donors (Lipinski definition) is 0. The molecule has 4 nitrogen and oxygen atoms in total. The van der Waals surface area contributed by atoms with Gasteiger partial charge in [0, 0.05) is 28.0 Å². The summed E-state index contributed by atoms with van der Waals surface area (Å²) in [7, 11) is 0. The van der Waals surface area contributed by atoms with Gasteiger partial charge in [0.2, 0.25) is 5.91 Å². The van der Waals surface area contributed by atoms with Crippen molar-refractivity contribution in [2.24, 2.45) is 0 Å². The van der Waals surface area contributed by atoms with Gasteiger partial charge >= 0.3 is 0 Å². The Balaban J connectivity index is 1.43. The van der Waals surface area contributed by atoms with Crippen molar-refractivity contribution in [1.29, 1.82) is 0 Å². The monoisotopic (exact) mass is 464 g/mol. The molecule has 0 radical (unpaired) electrons. The molecule has 1 aliphatic carbocycles. The Labute approximate surface area is 197 Å². The fourth-order valence-electron chi connectivity index (χ4n) is 4.47. The van der Waals surface area contributed by atoms with Crippen LogP contribution in [0.2, 0.25) is 5.02 Å². The second-order valence-corrected chi connectivity index (χ2v) is 10.1. The lowest BCUT2D eigenvalue weighted by Gasteiger charge is -2.37. The summed E-state index contributed by atoms with van der Waals surface area (Å²) < 4.78 is 0. The number of amides is 2. The summed E-state index contributed by atoms with van der Waals surface area (Å²) in [5, 5.41) is 2.64. The Morgan fingerprint density at radius 2 is 1.91 bits per heavy atom. The van der Waals surface area contributed by atoms with Gasteiger partial charge in [-0.2, -0.15) is 0 Å². The van der Waals surface area contributed by atoms with Crippen molar-refractivity contribution in [3.05, 3.63) is 92.1 Å². The lowest BCUT2D eigenvalue weighted by Crippen LogP contribution is -2.47. The van der Waals surface area contributed by atoms with Crippen molar-refractivity contribution in [3.8, 4) is 0 Å². The van der Waals surface area contributed by atoms with Gasteiger partial charge in [-0.25, -0.2) is 0 Å². The molecule has 32 heavy (non-hydrogen) atoms. The highest BCUT2D eigenvalue weighted by Crippen LogP contribution is 2.38. The Hall–Kier alpha value is -2.63. The molecule has 164 valence electrons. The minimum absolute atomic E-state index is 0.00490. The molecule has 2 heterocycles. The third-order valence-corrected chi connectivity index (χ3v) is 7.54. The van der Waals surface area contributed by atoms with Crippen LogP contribution >= 0.6 is 22.9 Å². The lowest BCUT2D eigenvalue weighted by molar-refractivity contribution is -0.134. The normalized spacial score (nSPS) is 17.7. The summed E-state index contributed by atoms with van der Waals surface area (Å²) in [6.07, 6.45) is 2.73. The quantitative estimate of drug-likeness (QED) is 0.501. The number of fused-ring (bicyclic) bond motifs is 1. The van der Waals surface area contributed by atoms with Crippen LogP contribution in [-0.2, 0) is 11.2 Å². The van der Waals surface area contributed by atoms with E-state index in [2.05, 4.69) is 42.6 Å². The van der Waals surface area contributed by atoms with Crippen molar-refractivity contribution in [2.75, 3.05) is 13.1 Å². The molecule has 5 rings (SSSR count). The Morgan fingerprint density at radius 1 is 1.12 bits per heavy atom. The van der Waals surface area contributed by atoms with Gasteiger partial charge in [0.25, 0.3) is 5.91 Å². The number of benzene rings is 2. The van der Waals surface area contributed by atoms with Crippen molar-refractivity contribution < 1.29 is 9.59 Å². The molecule has 0 saturated heterocycles. The molecule has 0 N–H and O–H groups in total. The summed E-state index contributed by atoms with van der Waals surface area (Å²) in [5.41, 5.74) is 4.05. The minimum atomic E-state index is -0.122. The van der Waals surface area contributed by atoms with E-state index >= 15 is 0 Å². The third-order valence-electron chi connectivity index (χ3n) is 6.31. The summed E-state index contributed by atoms with van der Waals surface area (Å²) in [4.78, 5) is 31.9. The van der Waals surface area contributed by atoms with Crippen LogP contribution in [0.15, 0.2) is 60.0 Å². The molecule has 2 aliphatic rings. The van der Waals surface area contributed by atoms with E-state index in [-0.39, 0.29) is 30.4 Å². The molecule has 6 heteroatoms. The number of rotatable bonds is 5. The number of halogens is 1. The summed E-state index contributed by atoms with van der Waals surface area (Å²) in [6.45, 7) is 2.82. The van der Waals surface area contributed by atoms with Gasteiger partial charge < -0.3 is 9.80 Å². The van der Waals surface area contributed by atoms with E-state index in [0.29, 0.717) is 17.1 Å². The number of thiophene rings is 1. The highest BCUT2D eigenvalue weighted by Gasteiger charge is 2.38. The molecule has 1 aromatic heterocycles. The number of aryl methyl sites for hydroxylation is 1. The number of carbonyl (C=O) groups excluding carboxylic acids is 2. The predicted octanol–water partition coefficient (Wildman–Crippen LogP) is 5.49. The highest BCUT2D eigenvalue weighted by atomic mass is 35.5. The first-order valence-electron chi connectivity index (χ1n) is 11.0. The first-order chi connectivity index (χ1) is 15.5. The average Bonchev–Trinajstić information content (AvgIpc) is 3.52. The Bertz CT molecular complexity index is 1150. The zero-order valence-corrected chi connectivity index (χ0v) is 19.5. The van der Waals surface area contributed by atoms with E-state index < -0.39 is 0 Å². The van der Waals surface area contributed by atoms with Crippen LogP contribution < -0.4 is 0 Å². The molecule has 0 spiro atoms. The average molecular weight is 465 g/mol. The second-order valence-electron chi connectivity index (χ2n) is 8.62. The molecule has 2 amide bonds. The maximum absolute atomic E-state index is 13.6. The molecule has 1 unspecified atom stereocenters. The van der Waals surface area contributed by atoms with Gasteiger partial charge in [-0.15, -0.1) is 11.3 Å². The molecular formula is C26H25ClN2O2S. The minimum Gasteiger partial charge on any atom is -0.330 e. The van der Waals surface area contributed by atoms with Crippen LogP contribution in [0, 0.1) is 6.92 Å². The largest absolute Gasteiger partial charge is 0.330 e. The van der Waals surface area contributed by atoms with Crippen molar-refractivity contribution >= 4 is 34.8 Å². The molecule has 3 aromatic rings. The standard InChI is InChI=1S/C26H25ClN2O2S/c1-17-5-7-18(8-6-17)25-22-12-14-32-23(22)11-13-28(25)24(30)16-29(21-9-10-21)26(31)19-3-2-4-20(27)15-19/h2-8,12,14-15,21,25H,9-11,13,16H2,1H3. The summed E-state index contributed by atoms with van der Waals surface area (Å²) >= 11 is 7.86. The van der Waals surface area contributed by atoms with Crippen LogP contribution in [0.5, 0.6) is 0 Å². The second kappa shape index (κ2) is 8.72. The van der Waals surface area contributed by atoms with E-state index in [1.807, 2.05) is 4.90 Å². The van der Waals surface area contributed by atoms with Gasteiger partial charge in [-0.3, -0.25) is 9.59 Å². The Kier molecular flexibility index (Phi) is 5.78. The van der Waals surface area contributed by atoms with Gasteiger partial charge in [0.05, 0.1) is 6.04 Å². The first kappa shape index (κ1) is 21.2. The van der Waals surface area contributed by atoms with Crippen molar-refractivity contribution in [2.45, 2.75) is 38.3 Å². The maximum Gasteiger partial charge on any atom is 0.254 e. The van der Waals surface area contributed by atoms with E-state index in [0.717, 1.165) is 24.8 Å². The number of hydrogen-bond acceptors (Lipinski definition) is 3. The summed E-state index contributed by atoms with van der Waals surface area (Å²) in [5.74, 6) is -0.127. The van der Waals surface area contributed by atoms with Crippen LogP contribution in [0.25, 0.3) is 0 Å². The van der Waals surface area contributed by atoms with Gasteiger partial charge in [0.15, 0.2) is 0 Å². The lowest BCUT2D eigenvalue weighted by atomic mass is 9.92. The van der Waals surface area contributed by atoms with Crippen molar-refractivity contribution in [1.82, 2.24) is 9.80 Å². The van der Waals surface area contributed by atoms with Gasteiger partial charge in [0.1, 0.15) is 6.54 Å². The van der Waals surface area contributed by atoms with Crippen LogP contribution in [0.1, 0.15) is 50.8 Å². The molecule has 1 saturated carbocycles. The van der Waals surface area contributed by atoms with Crippen LogP contribution in [-0.4, -0.2) is 40.7 Å². The van der Waals surface area contributed by atoms with E-state index in [1.54, 1.807) is 40.5 Å². The fourth-order valence-corrected chi connectivity index (χ4v) is 5.56. The molecule has 0 bridgehead atoms. The predicted molar refractivity (Wildman–Crippen MR) is 128 cm³/mol. The number of carbonyl (C=O) groups is 2. The first-order valence-corrected chi connectivity index (χ1v) is 12.3. The van der Waals surface area contributed by atoms with Crippen LogP contribution in [0.3, 0.4) is 0 Å². The maximum atomic E-state index is 13.6. The zero-order valence-electron chi connectivity index (χ0n) is 18.0. The SMILES string of the molecule is Cc1ccc(C2c3ccsc3CCN2C(=O)CN(C(=O)c2cccc(Cl)c2)C2CC2)cc1. The zero-order chi connectivity index (χ0) is 22.2. The van der Waals surface area contributed by atoms with E-state index in [9.17, 15) is 9.59 Å². The van der Waals surface area contributed by atoms with E-state index in [4.69, 9.17) is 11.6 Å². The Morgan fingerprint density at radius 3 is 2.62 bits per heavy atom. The van der Waals surface area contributed by atoms with E-state index in [1.165, 1.54) is 16.0 Å². The topological polar surface area (TPSA) is 40.6 Å². The molecule has 2 aromatic carbocycles. The highest BCUT2D eigenvalue weighted by molar-refractivity contribution is 7.10. The fraction of sp³-hybridized carbons (Fsp3) is 0.308. The van der Waals surface area contributed by atoms with Crippen LogP contribution in [0.4, 0.5) is 0 Å². The molecule has 1 fully saturated rings. The molecular weight excluding hydrogens is 440 g/mol. The molecule has 1 aliphatic heterocycles. The number of nitrogens with zero attached hydrogens (tertiary/aromatic N) is 2. The summed E-state index contributed by atoms with van der Waals surface area (Å²) in [6, 6.07) is 17.5. The molecule has 1 atom stereocenters. The van der Waals surface area contributed by atoms with Gasteiger partial charge in [-0.1, -0.05) is 47.5 Å². The third kappa shape index (κ3) is 4.19. The van der Waals surface area contributed by atoms with Crippen molar-refractivity contribution in [3.63, 3.8) is 0 Å². The smallest absolute Gasteiger partial charge is 0.254 e.